The summed E-state index contributed by atoms with van der Waals surface area (Å²) in [5.74, 6) is 0.678. The molecule has 1 amide bonds. The van der Waals surface area contributed by atoms with Crippen LogP contribution < -0.4 is 5.32 Å². The first-order valence-corrected chi connectivity index (χ1v) is 11.1. The van der Waals surface area contributed by atoms with Gasteiger partial charge in [0, 0.05) is 19.1 Å². The SMILES string of the molecule is O=C(NCc1ccccc1)c1ccc(CN(Cc2ccc(F)cc2)C2CCCCC2)o1. The minimum atomic E-state index is -0.217. The highest BCUT2D eigenvalue weighted by atomic mass is 19.1. The largest absolute Gasteiger partial charge is 0.455 e. The highest BCUT2D eigenvalue weighted by Crippen LogP contribution is 2.26. The molecule has 0 atom stereocenters. The summed E-state index contributed by atoms with van der Waals surface area (Å²) in [5.41, 5.74) is 2.13. The summed E-state index contributed by atoms with van der Waals surface area (Å²) >= 11 is 0. The molecule has 0 unspecified atom stereocenters. The third kappa shape index (κ3) is 6.05. The number of hydrogen-bond donors (Lipinski definition) is 1. The average Bonchev–Trinajstić information content (AvgIpc) is 3.28. The van der Waals surface area contributed by atoms with Crippen LogP contribution in [0.2, 0.25) is 0 Å². The van der Waals surface area contributed by atoms with Gasteiger partial charge in [0.15, 0.2) is 5.76 Å². The first-order valence-electron chi connectivity index (χ1n) is 11.1. The normalized spacial score (nSPS) is 14.6. The highest BCUT2D eigenvalue weighted by molar-refractivity contribution is 5.91. The molecule has 5 heteroatoms. The second kappa shape index (κ2) is 10.4. The Morgan fingerprint density at radius 2 is 1.65 bits per heavy atom. The van der Waals surface area contributed by atoms with E-state index in [0.29, 0.717) is 24.9 Å². The molecule has 3 aromatic rings. The molecule has 1 aliphatic carbocycles. The quantitative estimate of drug-likeness (QED) is 0.510. The van der Waals surface area contributed by atoms with E-state index in [9.17, 15) is 9.18 Å². The standard InChI is InChI=1S/C26H29FN2O2/c27-22-13-11-21(12-14-22)18-29(23-9-5-2-6-10-23)19-24-15-16-25(31-24)26(30)28-17-20-7-3-1-4-8-20/h1,3-4,7-8,11-16,23H,2,5-6,9-10,17-19H2,(H,28,30). The molecule has 4 nitrogen and oxygen atoms in total. The van der Waals surface area contributed by atoms with Gasteiger partial charge in [0.1, 0.15) is 11.6 Å². The Bertz CT molecular complexity index is 963. The van der Waals surface area contributed by atoms with Gasteiger partial charge in [-0.05, 0) is 48.2 Å². The van der Waals surface area contributed by atoms with Crippen LogP contribution in [0, 0.1) is 5.82 Å². The van der Waals surface area contributed by atoms with Crippen LogP contribution in [0.1, 0.15) is 59.5 Å². The van der Waals surface area contributed by atoms with E-state index in [1.165, 1.54) is 31.4 Å². The van der Waals surface area contributed by atoms with E-state index in [4.69, 9.17) is 4.42 Å². The smallest absolute Gasteiger partial charge is 0.287 e. The van der Waals surface area contributed by atoms with Crippen LogP contribution in [0.15, 0.2) is 71.1 Å². The van der Waals surface area contributed by atoms with Crippen LogP contribution in [0.5, 0.6) is 0 Å². The first kappa shape index (κ1) is 21.3. The van der Waals surface area contributed by atoms with Crippen molar-refractivity contribution in [3.63, 3.8) is 0 Å². The molecule has 31 heavy (non-hydrogen) atoms. The number of carbonyl (C=O) groups excluding carboxylic acids is 1. The van der Waals surface area contributed by atoms with E-state index >= 15 is 0 Å². The van der Waals surface area contributed by atoms with Crippen molar-refractivity contribution in [3.8, 4) is 0 Å². The topological polar surface area (TPSA) is 45.5 Å². The predicted molar refractivity (Wildman–Crippen MR) is 119 cm³/mol. The number of halogens is 1. The van der Waals surface area contributed by atoms with Gasteiger partial charge in [0.05, 0.1) is 6.54 Å². The highest BCUT2D eigenvalue weighted by Gasteiger charge is 2.23. The number of benzene rings is 2. The summed E-state index contributed by atoms with van der Waals surface area (Å²) < 4.78 is 19.2. The second-order valence-electron chi connectivity index (χ2n) is 8.26. The van der Waals surface area contributed by atoms with Gasteiger partial charge >= 0.3 is 0 Å². The van der Waals surface area contributed by atoms with Crippen molar-refractivity contribution >= 4 is 5.91 Å². The Hall–Kier alpha value is -2.92. The van der Waals surface area contributed by atoms with Gasteiger partial charge in [-0.1, -0.05) is 61.7 Å². The Kier molecular flexibility index (Phi) is 7.15. The predicted octanol–water partition coefficient (Wildman–Crippen LogP) is 5.68. The van der Waals surface area contributed by atoms with Gasteiger partial charge in [0.2, 0.25) is 0 Å². The van der Waals surface area contributed by atoms with Crippen LogP contribution >= 0.6 is 0 Å². The molecule has 2 aromatic carbocycles. The van der Waals surface area contributed by atoms with Gasteiger partial charge in [-0.25, -0.2) is 4.39 Å². The lowest BCUT2D eigenvalue weighted by atomic mass is 9.93. The van der Waals surface area contributed by atoms with Gasteiger partial charge in [-0.3, -0.25) is 9.69 Å². The maximum absolute atomic E-state index is 13.3. The lowest BCUT2D eigenvalue weighted by Gasteiger charge is -2.34. The summed E-state index contributed by atoms with van der Waals surface area (Å²) in [6.45, 7) is 1.84. The molecular formula is C26H29FN2O2. The zero-order valence-corrected chi connectivity index (χ0v) is 17.7. The lowest BCUT2D eigenvalue weighted by molar-refractivity contribution is 0.0913. The maximum Gasteiger partial charge on any atom is 0.287 e. The van der Waals surface area contributed by atoms with Gasteiger partial charge in [0.25, 0.3) is 5.91 Å². The molecule has 1 saturated carbocycles. The van der Waals surface area contributed by atoms with E-state index in [1.807, 2.05) is 48.5 Å². The number of hydrogen-bond acceptors (Lipinski definition) is 3. The van der Waals surface area contributed by atoms with Crippen molar-refractivity contribution in [3.05, 3.63) is 95.2 Å². The Morgan fingerprint density at radius 1 is 0.903 bits per heavy atom. The van der Waals surface area contributed by atoms with Crippen LogP contribution in [-0.4, -0.2) is 16.8 Å². The summed E-state index contributed by atoms with van der Waals surface area (Å²) in [6, 6.07) is 20.6. The van der Waals surface area contributed by atoms with E-state index in [1.54, 1.807) is 6.07 Å². The second-order valence-corrected chi connectivity index (χ2v) is 8.26. The zero-order chi connectivity index (χ0) is 21.5. The average molecular weight is 421 g/mol. The summed E-state index contributed by atoms with van der Waals surface area (Å²) in [6.07, 6.45) is 6.07. The molecule has 1 aliphatic rings. The molecular weight excluding hydrogens is 391 g/mol. The summed E-state index contributed by atoms with van der Waals surface area (Å²) in [4.78, 5) is 14.9. The Balaban J connectivity index is 1.41. The molecule has 1 heterocycles. The lowest BCUT2D eigenvalue weighted by Crippen LogP contribution is -2.35. The van der Waals surface area contributed by atoms with Gasteiger partial charge in [-0.15, -0.1) is 0 Å². The number of furan rings is 1. The van der Waals surface area contributed by atoms with Crippen molar-refractivity contribution in [2.45, 2.75) is 57.8 Å². The monoisotopic (exact) mass is 420 g/mol. The Morgan fingerprint density at radius 3 is 2.39 bits per heavy atom. The van der Waals surface area contributed by atoms with Crippen LogP contribution in [0.4, 0.5) is 4.39 Å². The van der Waals surface area contributed by atoms with Crippen molar-refractivity contribution in [2.75, 3.05) is 0 Å². The van der Waals surface area contributed by atoms with Crippen LogP contribution in [0.3, 0.4) is 0 Å². The van der Waals surface area contributed by atoms with Gasteiger partial charge in [-0.2, -0.15) is 0 Å². The number of amides is 1. The molecule has 0 radical (unpaired) electrons. The molecule has 1 aromatic heterocycles. The molecule has 1 N–H and O–H groups in total. The molecule has 162 valence electrons. The molecule has 1 fully saturated rings. The minimum Gasteiger partial charge on any atom is -0.455 e. The van der Waals surface area contributed by atoms with Crippen molar-refractivity contribution in [2.24, 2.45) is 0 Å². The maximum atomic E-state index is 13.3. The van der Waals surface area contributed by atoms with E-state index in [2.05, 4.69) is 10.2 Å². The fraction of sp³-hybridized carbons (Fsp3) is 0.346. The number of rotatable bonds is 8. The summed E-state index contributed by atoms with van der Waals surface area (Å²) in [5, 5.41) is 2.91. The molecule has 0 bridgehead atoms. The van der Waals surface area contributed by atoms with Crippen molar-refractivity contribution < 1.29 is 13.6 Å². The number of carbonyl (C=O) groups is 1. The van der Waals surface area contributed by atoms with Crippen LogP contribution in [-0.2, 0) is 19.6 Å². The third-order valence-corrected chi connectivity index (χ3v) is 5.93. The number of nitrogens with one attached hydrogen (secondary N) is 1. The fourth-order valence-electron chi connectivity index (χ4n) is 4.24. The molecule has 4 rings (SSSR count). The third-order valence-electron chi connectivity index (χ3n) is 5.93. The van der Waals surface area contributed by atoms with Crippen molar-refractivity contribution in [1.82, 2.24) is 10.2 Å². The fourth-order valence-corrected chi connectivity index (χ4v) is 4.24. The zero-order valence-electron chi connectivity index (χ0n) is 17.7. The number of nitrogens with zero attached hydrogens (tertiary/aromatic N) is 1. The Labute approximate surface area is 183 Å². The minimum absolute atomic E-state index is 0.210. The first-order chi connectivity index (χ1) is 15.2. The van der Waals surface area contributed by atoms with Crippen molar-refractivity contribution in [1.29, 1.82) is 0 Å². The molecule has 0 aliphatic heterocycles. The summed E-state index contributed by atoms with van der Waals surface area (Å²) in [7, 11) is 0. The van der Waals surface area contributed by atoms with E-state index in [0.717, 1.165) is 36.3 Å². The van der Waals surface area contributed by atoms with Gasteiger partial charge < -0.3 is 9.73 Å². The van der Waals surface area contributed by atoms with E-state index in [-0.39, 0.29) is 11.7 Å². The van der Waals surface area contributed by atoms with Crippen LogP contribution in [0.25, 0.3) is 0 Å². The molecule has 0 spiro atoms. The molecule has 0 saturated heterocycles. The van der Waals surface area contributed by atoms with E-state index < -0.39 is 0 Å².